The first kappa shape index (κ1) is 44.0. The van der Waals surface area contributed by atoms with Crippen LogP contribution in [0.3, 0.4) is 0 Å². The van der Waals surface area contributed by atoms with Gasteiger partial charge < -0.3 is 39.3 Å². The van der Waals surface area contributed by atoms with Crippen LogP contribution in [0, 0.1) is 23.7 Å². The molecule has 3 aliphatic heterocycles. The number of nitrogens with zero attached hydrogens (tertiary/aromatic N) is 2. The summed E-state index contributed by atoms with van der Waals surface area (Å²) in [6, 6.07) is 25.7. The molecule has 1 spiro atoms. The Bertz CT molecular complexity index is 2440. The predicted molar refractivity (Wildman–Crippen MR) is 222 cm³/mol. The molecule has 6 atom stereocenters. The number of amides is 3. The van der Waals surface area contributed by atoms with Crippen LogP contribution in [0.4, 0.5) is 10.5 Å². The van der Waals surface area contributed by atoms with Gasteiger partial charge in [0.25, 0.3) is 0 Å². The molecule has 0 bridgehead atoms. The summed E-state index contributed by atoms with van der Waals surface area (Å²) in [6.07, 6.45) is -2.38. The van der Waals surface area contributed by atoms with Crippen molar-refractivity contribution in [1.82, 2.24) is 4.90 Å². The molecule has 7 rings (SSSR count). The fraction of sp³-hybridized carbons (Fsp3) is 0.319. The molecule has 16 heteroatoms. The van der Waals surface area contributed by atoms with E-state index < -0.39 is 77.3 Å². The highest BCUT2D eigenvalue weighted by Gasteiger charge is 2.76. The zero-order chi connectivity index (χ0) is 44.8. The van der Waals surface area contributed by atoms with Crippen molar-refractivity contribution in [3.05, 3.63) is 131 Å². The van der Waals surface area contributed by atoms with E-state index in [2.05, 4.69) is 11.8 Å². The summed E-state index contributed by atoms with van der Waals surface area (Å²) in [6.45, 7) is -0.755. The number of para-hydroxylation sites is 1. The maximum atomic E-state index is 15.9. The van der Waals surface area contributed by atoms with Crippen molar-refractivity contribution in [1.29, 1.82) is 0 Å². The smallest absolute Gasteiger partial charge is 0.421 e. The van der Waals surface area contributed by atoms with Gasteiger partial charge in [-0.3, -0.25) is 28.9 Å². The number of rotatable bonds is 13. The van der Waals surface area contributed by atoms with E-state index >= 15 is 4.79 Å². The SMILES string of the molecule is COCCOC(=O)N1C(=O)[C@@]2(c3cc(C#CCC(C(=O)OC)C(=O)OC)ccc31)[C@H](C(N)=O)[C@H]1C(=O)O[C@H](c3ccccc3)[C@H](c3ccccc3)N1[C@@H]2c1ccccc1OCCO. The van der Waals surface area contributed by atoms with Crippen molar-refractivity contribution in [2.24, 2.45) is 17.6 Å². The Morgan fingerprint density at radius 2 is 1.48 bits per heavy atom. The zero-order valence-electron chi connectivity index (χ0n) is 34.6. The van der Waals surface area contributed by atoms with Crippen LogP contribution < -0.4 is 15.4 Å². The van der Waals surface area contributed by atoms with Crippen LogP contribution in [0.2, 0.25) is 0 Å². The van der Waals surface area contributed by atoms with Crippen LogP contribution in [0.25, 0.3) is 0 Å². The minimum absolute atomic E-state index is 0.00186. The molecule has 2 fully saturated rings. The number of fused-ring (bicyclic) bond motifs is 3. The van der Waals surface area contributed by atoms with Gasteiger partial charge in [0.2, 0.25) is 11.8 Å². The van der Waals surface area contributed by atoms with Gasteiger partial charge in [-0.05, 0) is 41.0 Å². The van der Waals surface area contributed by atoms with Crippen LogP contribution in [0.1, 0.15) is 52.4 Å². The molecule has 0 saturated carbocycles. The Kier molecular flexibility index (Phi) is 13.2. The topological polar surface area (TPSA) is 211 Å². The molecule has 3 heterocycles. The average molecular weight is 860 g/mol. The van der Waals surface area contributed by atoms with Gasteiger partial charge in [-0.25, -0.2) is 9.69 Å². The van der Waals surface area contributed by atoms with Gasteiger partial charge in [0, 0.05) is 24.7 Å². The summed E-state index contributed by atoms with van der Waals surface area (Å²) in [7, 11) is 3.67. The third-order valence-corrected chi connectivity index (χ3v) is 11.5. The number of carbonyl (C=O) groups excluding carboxylic acids is 6. The number of hydrogen-bond acceptors (Lipinski definition) is 14. The monoisotopic (exact) mass is 859 g/mol. The number of carbonyl (C=O) groups is 6. The Morgan fingerprint density at radius 3 is 2.11 bits per heavy atom. The van der Waals surface area contributed by atoms with E-state index in [0.29, 0.717) is 16.7 Å². The van der Waals surface area contributed by atoms with E-state index in [1.54, 1.807) is 41.3 Å². The molecule has 2 saturated heterocycles. The number of esters is 3. The first-order valence-electron chi connectivity index (χ1n) is 20.0. The lowest BCUT2D eigenvalue weighted by atomic mass is 9.65. The maximum Gasteiger partial charge on any atom is 0.421 e. The van der Waals surface area contributed by atoms with Crippen molar-refractivity contribution in [3.8, 4) is 17.6 Å². The summed E-state index contributed by atoms with van der Waals surface area (Å²) in [5.41, 5.74) is 6.18. The van der Waals surface area contributed by atoms with Gasteiger partial charge in [-0.2, -0.15) is 0 Å². The number of anilines is 1. The number of cyclic esters (lactones) is 1. The number of ether oxygens (including phenoxy) is 6. The van der Waals surface area contributed by atoms with Gasteiger partial charge in [0.1, 0.15) is 36.5 Å². The second kappa shape index (κ2) is 18.9. The fourth-order valence-electron chi connectivity index (χ4n) is 9.04. The lowest BCUT2D eigenvalue weighted by Gasteiger charge is -2.46. The van der Waals surface area contributed by atoms with Gasteiger partial charge in [-0.1, -0.05) is 90.7 Å². The normalized spacial score (nSPS) is 22.4. The van der Waals surface area contributed by atoms with E-state index in [-0.39, 0.29) is 55.4 Å². The highest BCUT2D eigenvalue weighted by Crippen LogP contribution is 2.66. The van der Waals surface area contributed by atoms with Crippen molar-refractivity contribution in [2.45, 2.75) is 36.1 Å². The van der Waals surface area contributed by atoms with Gasteiger partial charge in [-0.15, -0.1) is 0 Å². The number of primary amides is 1. The first-order chi connectivity index (χ1) is 30.5. The van der Waals surface area contributed by atoms with E-state index in [0.717, 1.165) is 19.1 Å². The van der Waals surface area contributed by atoms with E-state index in [1.165, 1.54) is 25.3 Å². The molecular formula is C47H45N3O13. The third kappa shape index (κ3) is 7.86. The second-order valence-electron chi connectivity index (χ2n) is 14.9. The minimum Gasteiger partial charge on any atom is -0.491 e. The Balaban J connectivity index is 1.54. The van der Waals surface area contributed by atoms with Crippen molar-refractivity contribution in [2.75, 3.05) is 52.7 Å². The molecule has 3 amide bonds. The number of aliphatic hydroxyl groups excluding tert-OH is 1. The van der Waals surface area contributed by atoms with Crippen molar-refractivity contribution in [3.63, 3.8) is 0 Å². The number of morpholine rings is 1. The molecule has 3 aliphatic rings. The van der Waals surface area contributed by atoms with Crippen LogP contribution in [0.15, 0.2) is 103 Å². The summed E-state index contributed by atoms with van der Waals surface area (Å²) in [5.74, 6) is -1.64. The third-order valence-electron chi connectivity index (χ3n) is 11.5. The summed E-state index contributed by atoms with van der Waals surface area (Å²) >= 11 is 0. The Hall–Kier alpha value is -7.06. The number of benzene rings is 4. The first-order valence-corrected chi connectivity index (χ1v) is 20.0. The predicted octanol–water partition coefficient (Wildman–Crippen LogP) is 3.70. The largest absolute Gasteiger partial charge is 0.491 e. The molecule has 16 nitrogen and oxygen atoms in total. The van der Waals surface area contributed by atoms with Gasteiger partial charge >= 0.3 is 24.0 Å². The van der Waals surface area contributed by atoms with E-state index in [9.17, 15) is 29.1 Å². The lowest BCUT2D eigenvalue weighted by Crippen LogP contribution is -2.55. The fourth-order valence-corrected chi connectivity index (χ4v) is 9.04. The number of aliphatic hydroxyl groups is 1. The summed E-state index contributed by atoms with van der Waals surface area (Å²) in [5, 5.41) is 9.92. The number of hydrogen-bond donors (Lipinski definition) is 2. The molecule has 4 aromatic rings. The maximum absolute atomic E-state index is 15.9. The van der Waals surface area contributed by atoms with Crippen LogP contribution >= 0.6 is 0 Å². The van der Waals surface area contributed by atoms with Gasteiger partial charge in [0.15, 0.2) is 5.92 Å². The van der Waals surface area contributed by atoms with Crippen molar-refractivity contribution < 1.29 is 62.3 Å². The zero-order valence-corrected chi connectivity index (χ0v) is 34.6. The van der Waals surface area contributed by atoms with Crippen molar-refractivity contribution >= 4 is 41.5 Å². The minimum atomic E-state index is -2.21. The molecule has 0 unspecified atom stereocenters. The summed E-state index contributed by atoms with van der Waals surface area (Å²) < 4.78 is 32.7. The molecule has 326 valence electrons. The molecule has 4 aromatic carbocycles. The average Bonchev–Trinajstić information content (AvgIpc) is 3.76. The van der Waals surface area contributed by atoms with Crippen LogP contribution in [0.5, 0.6) is 5.75 Å². The quantitative estimate of drug-likeness (QED) is 0.0646. The second-order valence-corrected chi connectivity index (χ2v) is 14.9. The Labute approximate surface area is 362 Å². The molecule has 63 heavy (non-hydrogen) atoms. The van der Waals surface area contributed by atoms with Crippen LogP contribution in [-0.2, 0) is 53.1 Å². The number of nitrogens with two attached hydrogens (primary N) is 1. The van der Waals surface area contributed by atoms with Gasteiger partial charge in [0.05, 0.1) is 51.1 Å². The molecule has 0 aliphatic carbocycles. The lowest BCUT2D eigenvalue weighted by molar-refractivity contribution is -0.178. The molecule has 3 N–H and O–H groups in total. The molecule has 0 aromatic heterocycles. The standard InChI is InChI=1S/C47H45N3O13/c1-58-25-26-62-46(57)49-34-22-21-28(13-12-19-32(42(53)59-2)43(54)60-3)27-33(34)47(45(49)56)36(41(48)52)38-44(55)63-39(30-16-8-5-9-17-30)37(29-14-6-4-7-15-29)50(38)40(47)31-18-10-11-20-35(31)61-24-23-51/h4-11,14-18,20-22,27,32,36-40,51H,19,23-26H2,1-3H3,(H2,48,52)/t36-,37-,38-,39+,40+,47-/m0/s1. The number of imide groups is 1. The molecule has 0 radical (unpaired) electrons. The van der Waals surface area contributed by atoms with Crippen LogP contribution in [-0.4, -0.2) is 99.6 Å². The van der Waals surface area contributed by atoms with E-state index in [1.807, 2.05) is 48.5 Å². The Morgan fingerprint density at radius 1 is 0.825 bits per heavy atom. The molecular weight excluding hydrogens is 815 g/mol. The number of methoxy groups -OCH3 is 3. The highest BCUT2D eigenvalue weighted by molar-refractivity contribution is 6.23. The summed E-state index contributed by atoms with van der Waals surface area (Å²) in [4.78, 5) is 87.1. The highest BCUT2D eigenvalue weighted by atomic mass is 16.6. The van der Waals surface area contributed by atoms with E-state index in [4.69, 9.17) is 34.2 Å².